The van der Waals surface area contributed by atoms with E-state index in [1.807, 2.05) is 0 Å². The van der Waals surface area contributed by atoms with E-state index in [9.17, 15) is 18.0 Å². The molecule has 0 aliphatic carbocycles. The quantitative estimate of drug-likeness (QED) is 0.663. The Morgan fingerprint density at radius 1 is 1.47 bits per heavy atom. The third-order valence-electron chi connectivity index (χ3n) is 2.41. The molecule has 7 nitrogen and oxygen atoms in total. The Hall–Kier alpha value is -1.15. The minimum absolute atomic E-state index is 0.0744. The maximum atomic E-state index is 11.5. The standard InChI is InChI=1S/C9H16N2O5S/c1-7(5-9(13)14)10-8(12)6-11-3-2-4-17(11,15)16/h7H,2-6H2,1H3,(H,10,12)(H,13,14). The second kappa shape index (κ2) is 5.46. The lowest BCUT2D eigenvalue weighted by atomic mass is 10.2. The molecule has 1 atom stereocenters. The van der Waals surface area contributed by atoms with Gasteiger partial charge in [0.1, 0.15) is 0 Å². The van der Waals surface area contributed by atoms with Crippen LogP contribution in [0, 0.1) is 0 Å². The van der Waals surface area contributed by atoms with Gasteiger partial charge in [-0.05, 0) is 13.3 Å². The molecule has 1 fully saturated rings. The molecule has 0 bridgehead atoms. The largest absolute Gasteiger partial charge is 0.481 e. The van der Waals surface area contributed by atoms with Crippen molar-refractivity contribution in [3.05, 3.63) is 0 Å². The Bertz CT molecular complexity index is 406. The fraction of sp³-hybridized carbons (Fsp3) is 0.778. The number of carboxylic acid groups (broad SMARTS) is 1. The summed E-state index contributed by atoms with van der Waals surface area (Å²) in [5.41, 5.74) is 0. The van der Waals surface area contributed by atoms with Crippen LogP contribution in [0.1, 0.15) is 19.8 Å². The van der Waals surface area contributed by atoms with Gasteiger partial charge < -0.3 is 10.4 Å². The van der Waals surface area contributed by atoms with Crippen LogP contribution < -0.4 is 5.32 Å². The van der Waals surface area contributed by atoms with Crippen LogP contribution in [0.25, 0.3) is 0 Å². The molecule has 0 saturated carbocycles. The molecule has 0 aromatic carbocycles. The average molecular weight is 264 g/mol. The van der Waals surface area contributed by atoms with Gasteiger partial charge in [-0.3, -0.25) is 9.59 Å². The molecular formula is C9H16N2O5S. The second-order valence-electron chi connectivity index (χ2n) is 4.07. The number of nitrogens with one attached hydrogen (secondary N) is 1. The number of carbonyl (C=O) groups is 2. The Morgan fingerprint density at radius 3 is 2.59 bits per heavy atom. The SMILES string of the molecule is CC(CC(=O)O)NC(=O)CN1CCCS1(=O)=O. The molecule has 17 heavy (non-hydrogen) atoms. The fourth-order valence-electron chi connectivity index (χ4n) is 1.66. The Morgan fingerprint density at radius 2 is 2.12 bits per heavy atom. The van der Waals surface area contributed by atoms with Crippen molar-refractivity contribution >= 4 is 21.9 Å². The van der Waals surface area contributed by atoms with Gasteiger partial charge in [-0.25, -0.2) is 8.42 Å². The van der Waals surface area contributed by atoms with Gasteiger partial charge in [-0.2, -0.15) is 4.31 Å². The van der Waals surface area contributed by atoms with Crippen LogP contribution in [-0.2, 0) is 19.6 Å². The maximum absolute atomic E-state index is 11.5. The highest BCUT2D eigenvalue weighted by molar-refractivity contribution is 7.89. The van der Waals surface area contributed by atoms with Gasteiger partial charge in [0.15, 0.2) is 0 Å². The summed E-state index contributed by atoms with van der Waals surface area (Å²) < 4.78 is 23.9. The van der Waals surface area contributed by atoms with E-state index in [2.05, 4.69) is 5.32 Å². The molecule has 2 N–H and O–H groups in total. The summed E-state index contributed by atoms with van der Waals surface area (Å²) in [6.45, 7) is 1.68. The highest BCUT2D eigenvalue weighted by Crippen LogP contribution is 2.12. The predicted molar refractivity (Wildman–Crippen MR) is 59.8 cm³/mol. The zero-order chi connectivity index (χ0) is 13.1. The van der Waals surface area contributed by atoms with E-state index in [4.69, 9.17) is 5.11 Å². The summed E-state index contributed by atoms with van der Waals surface area (Å²) in [4.78, 5) is 21.8. The summed E-state index contributed by atoms with van der Waals surface area (Å²) in [6.07, 6.45) is 0.346. The van der Waals surface area contributed by atoms with Gasteiger partial charge in [0.05, 0.1) is 18.7 Å². The summed E-state index contributed by atoms with van der Waals surface area (Å²) >= 11 is 0. The highest BCUT2D eigenvalue weighted by Gasteiger charge is 2.30. The van der Waals surface area contributed by atoms with Gasteiger partial charge in [-0.1, -0.05) is 0 Å². The minimum Gasteiger partial charge on any atom is -0.481 e. The monoisotopic (exact) mass is 264 g/mol. The van der Waals surface area contributed by atoms with Crippen molar-refractivity contribution in [2.24, 2.45) is 0 Å². The number of sulfonamides is 1. The van der Waals surface area contributed by atoms with Gasteiger partial charge in [-0.15, -0.1) is 0 Å². The van der Waals surface area contributed by atoms with E-state index in [0.717, 1.165) is 4.31 Å². The number of hydrogen-bond acceptors (Lipinski definition) is 4. The summed E-state index contributed by atoms with van der Waals surface area (Å²) in [5, 5.41) is 11.0. The minimum atomic E-state index is -3.28. The van der Waals surface area contributed by atoms with Crippen molar-refractivity contribution in [1.29, 1.82) is 0 Å². The maximum Gasteiger partial charge on any atom is 0.305 e. The number of aliphatic carboxylic acids is 1. The molecule has 0 aromatic rings. The normalized spacial score (nSPS) is 21.0. The fourth-order valence-corrected chi connectivity index (χ4v) is 3.14. The van der Waals surface area contributed by atoms with Crippen LogP contribution in [0.5, 0.6) is 0 Å². The van der Waals surface area contributed by atoms with Crippen LogP contribution in [0.15, 0.2) is 0 Å². The number of carbonyl (C=O) groups excluding carboxylic acids is 1. The van der Waals surface area contributed by atoms with Crippen molar-refractivity contribution in [2.45, 2.75) is 25.8 Å². The third kappa shape index (κ3) is 4.31. The third-order valence-corrected chi connectivity index (χ3v) is 4.31. The summed E-state index contributed by atoms with van der Waals surface area (Å²) in [6, 6.07) is -0.509. The molecule has 0 radical (unpaired) electrons. The van der Waals surface area contributed by atoms with Crippen LogP contribution in [-0.4, -0.2) is 54.6 Å². The van der Waals surface area contributed by atoms with Gasteiger partial charge in [0.25, 0.3) is 0 Å². The summed E-state index contributed by atoms with van der Waals surface area (Å²) in [7, 11) is -3.28. The zero-order valence-electron chi connectivity index (χ0n) is 9.55. The molecule has 1 aliphatic heterocycles. The number of nitrogens with zero attached hydrogens (tertiary/aromatic N) is 1. The zero-order valence-corrected chi connectivity index (χ0v) is 10.4. The average Bonchev–Trinajstić information content (AvgIpc) is 2.43. The van der Waals surface area contributed by atoms with Crippen molar-refractivity contribution in [3.63, 3.8) is 0 Å². The number of carboxylic acids is 1. The first kappa shape index (κ1) is 13.9. The smallest absolute Gasteiger partial charge is 0.305 e. The Balaban J connectivity index is 2.42. The molecular weight excluding hydrogens is 248 g/mol. The van der Waals surface area contributed by atoms with Gasteiger partial charge in [0, 0.05) is 12.6 Å². The lowest BCUT2D eigenvalue weighted by molar-refractivity contribution is -0.137. The topological polar surface area (TPSA) is 104 Å². The van der Waals surface area contributed by atoms with Crippen molar-refractivity contribution in [3.8, 4) is 0 Å². The number of hydrogen-bond donors (Lipinski definition) is 2. The molecule has 8 heteroatoms. The molecule has 98 valence electrons. The van der Waals surface area contributed by atoms with E-state index in [0.29, 0.717) is 13.0 Å². The van der Waals surface area contributed by atoms with E-state index in [-0.39, 0.29) is 18.7 Å². The molecule has 0 spiro atoms. The molecule has 1 amide bonds. The van der Waals surface area contributed by atoms with E-state index in [1.165, 1.54) is 0 Å². The molecule has 0 aromatic heterocycles. The Labute approximate surface area is 99.8 Å². The molecule has 1 saturated heterocycles. The summed E-state index contributed by atoms with van der Waals surface area (Å²) in [5.74, 6) is -1.40. The molecule has 1 unspecified atom stereocenters. The molecule has 1 aliphatic rings. The van der Waals surface area contributed by atoms with E-state index >= 15 is 0 Å². The van der Waals surface area contributed by atoms with Crippen LogP contribution in [0.2, 0.25) is 0 Å². The lowest BCUT2D eigenvalue weighted by Gasteiger charge is -2.16. The van der Waals surface area contributed by atoms with Gasteiger partial charge in [0.2, 0.25) is 15.9 Å². The van der Waals surface area contributed by atoms with Crippen LogP contribution >= 0.6 is 0 Å². The van der Waals surface area contributed by atoms with Gasteiger partial charge >= 0.3 is 5.97 Å². The predicted octanol–water partition coefficient (Wildman–Crippen LogP) is -0.999. The number of rotatable bonds is 5. The van der Waals surface area contributed by atoms with Crippen molar-refractivity contribution in [2.75, 3.05) is 18.8 Å². The first-order valence-electron chi connectivity index (χ1n) is 5.30. The van der Waals surface area contributed by atoms with E-state index < -0.39 is 27.9 Å². The lowest BCUT2D eigenvalue weighted by Crippen LogP contribution is -2.42. The number of amides is 1. The van der Waals surface area contributed by atoms with E-state index in [1.54, 1.807) is 6.92 Å². The Kier molecular flexibility index (Phi) is 4.47. The second-order valence-corrected chi connectivity index (χ2v) is 6.16. The highest BCUT2D eigenvalue weighted by atomic mass is 32.2. The molecule has 1 rings (SSSR count). The first-order valence-corrected chi connectivity index (χ1v) is 6.91. The molecule has 1 heterocycles. The van der Waals surface area contributed by atoms with Crippen molar-refractivity contribution in [1.82, 2.24) is 9.62 Å². The first-order chi connectivity index (χ1) is 7.81. The van der Waals surface area contributed by atoms with Crippen LogP contribution in [0.4, 0.5) is 0 Å². The van der Waals surface area contributed by atoms with Crippen LogP contribution in [0.3, 0.4) is 0 Å². The van der Waals surface area contributed by atoms with Crippen molar-refractivity contribution < 1.29 is 23.1 Å².